The van der Waals surface area contributed by atoms with E-state index in [9.17, 15) is 14.4 Å². The molecule has 0 aromatic heterocycles. The summed E-state index contributed by atoms with van der Waals surface area (Å²) in [6, 6.07) is 3.50. The van der Waals surface area contributed by atoms with Gasteiger partial charge in [0.25, 0.3) is 0 Å². The van der Waals surface area contributed by atoms with Crippen molar-refractivity contribution >= 4 is 35.0 Å². The smallest absolute Gasteiger partial charge is 0.247 e. The second-order valence-corrected chi connectivity index (χ2v) is 10.6. The first kappa shape index (κ1) is 25.0. The number of anilines is 1. The third kappa shape index (κ3) is 5.41. The zero-order valence-corrected chi connectivity index (χ0v) is 21.4. The number of piperazine rings is 1. The third-order valence-corrected chi connectivity index (χ3v) is 8.01. The maximum Gasteiger partial charge on any atom is 0.247 e. The number of likely N-dealkylation sites (tertiary alicyclic amines) is 1. The number of carbonyl (C=O) groups is 3. The van der Waals surface area contributed by atoms with Crippen molar-refractivity contribution < 1.29 is 14.4 Å². The third-order valence-electron chi connectivity index (χ3n) is 7.79. The fourth-order valence-corrected chi connectivity index (χ4v) is 6.05. The minimum absolute atomic E-state index is 0.0687. The van der Waals surface area contributed by atoms with E-state index in [1.165, 1.54) is 19.8 Å². The minimum Gasteiger partial charge on any atom is -0.337 e. The summed E-state index contributed by atoms with van der Waals surface area (Å²) in [7, 11) is 0. The number of benzene rings is 1. The van der Waals surface area contributed by atoms with E-state index in [-0.39, 0.29) is 23.8 Å². The summed E-state index contributed by atoms with van der Waals surface area (Å²) in [4.78, 5) is 43.8. The van der Waals surface area contributed by atoms with Crippen molar-refractivity contribution in [2.24, 2.45) is 5.92 Å². The van der Waals surface area contributed by atoms with E-state index in [0.29, 0.717) is 36.1 Å². The van der Waals surface area contributed by atoms with E-state index >= 15 is 0 Å². The molecule has 2 atom stereocenters. The number of rotatable bonds is 5. The van der Waals surface area contributed by atoms with Gasteiger partial charge in [0.15, 0.2) is 0 Å². The van der Waals surface area contributed by atoms with E-state index in [4.69, 9.17) is 11.6 Å². The predicted molar refractivity (Wildman–Crippen MR) is 134 cm³/mol. The van der Waals surface area contributed by atoms with Crippen molar-refractivity contribution in [2.45, 2.75) is 77.9 Å². The molecule has 8 heteroatoms. The molecule has 4 rings (SSSR count). The summed E-state index contributed by atoms with van der Waals surface area (Å²) in [6.45, 7) is 9.39. The van der Waals surface area contributed by atoms with Gasteiger partial charge in [-0.25, -0.2) is 0 Å². The molecule has 7 nitrogen and oxygen atoms in total. The Morgan fingerprint density at radius 2 is 1.76 bits per heavy atom. The number of amides is 3. The van der Waals surface area contributed by atoms with Crippen LogP contribution >= 0.6 is 11.6 Å². The molecule has 0 radical (unpaired) electrons. The highest BCUT2D eigenvalue weighted by Gasteiger charge is 2.34. The number of carbonyl (C=O) groups excluding carboxylic acids is 3. The maximum atomic E-state index is 13.0. The molecular formula is C26H37ClN4O3. The summed E-state index contributed by atoms with van der Waals surface area (Å²) in [5.74, 6) is 0.326. The Labute approximate surface area is 207 Å². The van der Waals surface area contributed by atoms with E-state index < -0.39 is 6.04 Å². The Kier molecular flexibility index (Phi) is 7.83. The van der Waals surface area contributed by atoms with Crippen molar-refractivity contribution in [2.75, 3.05) is 31.5 Å². The highest BCUT2D eigenvalue weighted by atomic mass is 35.5. The monoisotopic (exact) mass is 488 g/mol. The van der Waals surface area contributed by atoms with Gasteiger partial charge in [-0.1, -0.05) is 24.4 Å². The lowest BCUT2D eigenvalue weighted by atomic mass is 10.0. The fraction of sp³-hybridized carbons (Fsp3) is 0.654. The Balaban J connectivity index is 1.41. The van der Waals surface area contributed by atoms with Crippen molar-refractivity contribution in [1.29, 1.82) is 0 Å². The molecule has 0 unspecified atom stereocenters. The second-order valence-electron chi connectivity index (χ2n) is 10.2. The molecule has 3 aliphatic rings. The van der Waals surface area contributed by atoms with Gasteiger partial charge in [-0.3, -0.25) is 19.3 Å². The Bertz CT molecular complexity index is 946. The average Bonchev–Trinajstić information content (AvgIpc) is 3.49. The average molecular weight is 489 g/mol. The summed E-state index contributed by atoms with van der Waals surface area (Å²) in [6.07, 6.45) is 5.93. The molecule has 1 saturated carbocycles. The normalized spacial score (nSPS) is 24.0. The van der Waals surface area contributed by atoms with Gasteiger partial charge in [-0.2, -0.15) is 0 Å². The molecule has 1 N–H and O–H groups in total. The van der Waals surface area contributed by atoms with Crippen LogP contribution in [0.4, 0.5) is 5.69 Å². The Morgan fingerprint density at radius 3 is 2.44 bits per heavy atom. The topological polar surface area (TPSA) is 73.0 Å². The van der Waals surface area contributed by atoms with Crippen LogP contribution in [0.3, 0.4) is 0 Å². The molecular weight excluding hydrogens is 452 g/mol. The lowest BCUT2D eigenvalue weighted by Gasteiger charge is -2.41. The Hall–Kier alpha value is -2.12. The first-order valence-corrected chi connectivity index (χ1v) is 13.0. The van der Waals surface area contributed by atoms with Gasteiger partial charge >= 0.3 is 0 Å². The second kappa shape index (κ2) is 10.6. The number of hydrogen-bond donors (Lipinski definition) is 1. The van der Waals surface area contributed by atoms with Crippen molar-refractivity contribution in [3.8, 4) is 0 Å². The first-order valence-electron chi connectivity index (χ1n) is 12.6. The fourth-order valence-electron chi connectivity index (χ4n) is 5.81. The summed E-state index contributed by atoms with van der Waals surface area (Å²) < 4.78 is 0. The molecule has 1 aromatic rings. The molecule has 2 saturated heterocycles. The summed E-state index contributed by atoms with van der Waals surface area (Å²) >= 11 is 6.44. The number of hydrogen-bond acceptors (Lipinski definition) is 4. The lowest BCUT2D eigenvalue weighted by molar-refractivity contribution is -0.140. The van der Waals surface area contributed by atoms with Crippen LogP contribution in [-0.4, -0.2) is 70.7 Å². The number of nitrogens with one attached hydrogen (secondary N) is 1. The van der Waals surface area contributed by atoms with Gasteiger partial charge in [0, 0.05) is 62.3 Å². The van der Waals surface area contributed by atoms with Gasteiger partial charge in [-0.15, -0.1) is 0 Å². The summed E-state index contributed by atoms with van der Waals surface area (Å²) in [5, 5.41) is 3.61. The molecule has 34 heavy (non-hydrogen) atoms. The van der Waals surface area contributed by atoms with Crippen molar-refractivity contribution in [3.05, 3.63) is 28.3 Å². The molecule has 1 aliphatic carbocycles. The Morgan fingerprint density at radius 1 is 1.03 bits per heavy atom. The molecule has 186 valence electrons. The van der Waals surface area contributed by atoms with E-state index in [1.54, 1.807) is 11.0 Å². The van der Waals surface area contributed by atoms with Crippen LogP contribution in [0.25, 0.3) is 0 Å². The van der Waals surface area contributed by atoms with Crippen molar-refractivity contribution in [1.82, 2.24) is 14.7 Å². The van der Waals surface area contributed by atoms with E-state index in [2.05, 4.69) is 22.0 Å². The quantitative estimate of drug-likeness (QED) is 0.683. The zero-order chi connectivity index (χ0) is 24.4. The zero-order valence-electron chi connectivity index (χ0n) is 20.6. The van der Waals surface area contributed by atoms with Crippen molar-refractivity contribution in [3.63, 3.8) is 0 Å². The lowest BCUT2D eigenvalue weighted by Crippen LogP contribution is -2.54. The van der Waals surface area contributed by atoms with Crippen LogP contribution in [0.5, 0.6) is 0 Å². The molecule has 1 aromatic carbocycles. The maximum absolute atomic E-state index is 13.0. The highest BCUT2D eigenvalue weighted by Crippen LogP contribution is 2.30. The molecule has 2 aliphatic heterocycles. The predicted octanol–water partition coefficient (Wildman–Crippen LogP) is 3.82. The minimum atomic E-state index is -0.425. The summed E-state index contributed by atoms with van der Waals surface area (Å²) in [5.41, 5.74) is 2.76. The van der Waals surface area contributed by atoms with E-state index in [1.807, 2.05) is 13.0 Å². The molecule has 3 fully saturated rings. The molecule has 2 heterocycles. The van der Waals surface area contributed by atoms with Crippen LogP contribution in [0, 0.1) is 12.8 Å². The van der Waals surface area contributed by atoms with E-state index in [0.717, 1.165) is 50.0 Å². The standard InChI is InChI=1S/C26H37ClN4O3/c1-17-15-29(11-12-30(17)26(34)20-7-4-5-8-20)16-21-13-22(27)14-23(18(21)2)28-25(33)24-9-6-10-31(24)19(3)32/h13-14,17,20,24H,4-12,15-16H2,1-3H3,(H,28,33)/t17-,24-/m0/s1. The van der Waals surface area contributed by atoms with Gasteiger partial charge in [0.2, 0.25) is 17.7 Å². The van der Waals surface area contributed by atoms with Gasteiger partial charge in [0.05, 0.1) is 0 Å². The molecule has 0 bridgehead atoms. The molecule has 0 spiro atoms. The SMILES string of the molecule is CC(=O)N1CCC[C@H]1C(=O)Nc1cc(Cl)cc(CN2CCN(C(=O)C3CCCC3)[C@@H](C)C2)c1C. The van der Waals surface area contributed by atoms with Crippen LogP contribution < -0.4 is 5.32 Å². The molecule has 3 amide bonds. The largest absolute Gasteiger partial charge is 0.337 e. The number of nitrogens with zero attached hydrogens (tertiary/aromatic N) is 3. The van der Waals surface area contributed by atoms with Crippen LogP contribution in [-0.2, 0) is 20.9 Å². The van der Waals surface area contributed by atoms with Crippen LogP contribution in [0.1, 0.15) is 63.5 Å². The van der Waals surface area contributed by atoms with Gasteiger partial charge < -0.3 is 15.1 Å². The van der Waals surface area contributed by atoms with Crippen LogP contribution in [0.2, 0.25) is 5.02 Å². The highest BCUT2D eigenvalue weighted by molar-refractivity contribution is 6.31. The first-order chi connectivity index (χ1) is 16.2. The number of halogens is 1. The van der Waals surface area contributed by atoms with Gasteiger partial charge in [-0.05, 0) is 62.8 Å². The van der Waals surface area contributed by atoms with Gasteiger partial charge in [0.1, 0.15) is 6.04 Å². The van der Waals surface area contributed by atoms with Crippen LogP contribution in [0.15, 0.2) is 12.1 Å².